The molecule has 2 heterocycles. The molecule has 0 radical (unpaired) electrons. The molecule has 0 saturated heterocycles. The number of hydrogen-bond acceptors (Lipinski definition) is 5. The van der Waals surface area contributed by atoms with Crippen LogP contribution in [0.4, 0.5) is 0 Å². The molecule has 0 aliphatic carbocycles. The summed E-state index contributed by atoms with van der Waals surface area (Å²) in [6.07, 6.45) is 0.0811. The highest BCUT2D eigenvalue weighted by Gasteiger charge is 2.21. The molecule has 2 aromatic heterocycles. The summed E-state index contributed by atoms with van der Waals surface area (Å²) < 4.78 is 6.53. The maximum atomic E-state index is 12.7. The first-order chi connectivity index (χ1) is 12.0. The number of carbonyl (C=O) groups excluding carboxylic acids is 2. The molecule has 0 fully saturated rings. The van der Waals surface area contributed by atoms with Crippen LogP contribution in [0.25, 0.3) is 10.2 Å². The van der Waals surface area contributed by atoms with Crippen molar-refractivity contribution in [3.63, 3.8) is 0 Å². The Balaban J connectivity index is 1.85. The molecule has 7 heteroatoms. The van der Waals surface area contributed by atoms with Gasteiger partial charge < -0.3 is 10.1 Å². The quantitative estimate of drug-likeness (QED) is 0.713. The summed E-state index contributed by atoms with van der Waals surface area (Å²) in [5.41, 5.74) is 1.75. The van der Waals surface area contributed by atoms with Gasteiger partial charge in [0.15, 0.2) is 0 Å². The molecule has 6 nitrogen and oxygen atoms in total. The van der Waals surface area contributed by atoms with E-state index in [-0.39, 0.29) is 18.3 Å². The van der Waals surface area contributed by atoms with Crippen molar-refractivity contribution >= 4 is 33.4 Å². The van der Waals surface area contributed by atoms with E-state index >= 15 is 0 Å². The van der Waals surface area contributed by atoms with E-state index < -0.39 is 6.04 Å². The standard InChI is InChI=1S/C18H19N3O3S/c1-11-13-9-15(25-18(13)21(2)20-11)17(23)19-14(10-16(22)24-3)12-7-5-4-6-8-12/h4-9,14H,10H2,1-3H3,(H,19,23). The van der Waals surface area contributed by atoms with Crippen LogP contribution in [0.1, 0.15) is 33.4 Å². The van der Waals surface area contributed by atoms with Crippen LogP contribution in [0.5, 0.6) is 0 Å². The van der Waals surface area contributed by atoms with Gasteiger partial charge in [-0.05, 0) is 18.6 Å². The van der Waals surface area contributed by atoms with Crippen LogP contribution in [0.15, 0.2) is 36.4 Å². The molecule has 1 amide bonds. The Kier molecular flexibility index (Phi) is 4.85. The SMILES string of the molecule is COC(=O)CC(NC(=O)c1cc2c(C)nn(C)c2s1)c1ccccc1. The third-order valence-corrected chi connectivity index (χ3v) is 5.23. The third-order valence-electron chi connectivity index (χ3n) is 4.03. The van der Waals surface area contributed by atoms with Crippen molar-refractivity contribution in [2.45, 2.75) is 19.4 Å². The van der Waals surface area contributed by atoms with Crippen molar-refractivity contribution < 1.29 is 14.3 Å². The second kappa shape index (κ2) is 7.06. The number of thiophene rings is 1. The summed E-state index contributed by atoms with van der Waals surface area (Å²) in [6.45, 7) is 1.92. The zero-order valence-electron chi connectivity index (χ0n) is 14.3. The smallest absolute Gasteiger partial charge is 0.307 e. The molecule has 1 aromatic carbocycles. The Morgan fingerprint density at radius 1 is 1.32 bits per heavy atom. The van der Waals surface area contributed by atoms with E-state index in [9.17, 15) is 9.59 Å². The van der Waals surface area contributed by atoms with E-state index in [4.69, 9.17) is 4.74 Å². The summed E-state index contributed by atoms with van der Waals surface area (Å²) >= 11 is 1.39. The van der Waals surface area contributed by atoms with Crippen LogP contribution < -0.4 is 5.32 Å². The zero-order chi connectivity index (χ0) is 18.0. The van der Waals surface area contributed by atoms with Gasteiger partial charge in [0.1, 0.15) is 4.83 Å². The van der Waals surface area contributed by atoms with Crippen molar-refractivity contribution in [3.05, 3.63) is 52.5 Å². The molecule has 3 aromatic rings. The van der Waals surface area contributed by atoms with Crippen LogP contribution in [-0.2, 0) is 16.6 Å². The van der Waals surface area contributed by atoms with Crippen LogP contribution in [0.2, 0.25) is 0 Å². The van der Waals surface area contributed by atoms with E-state index in [0.717, 1.165) is 21.5 Å². The Hall–Kier alpha value is -2.67. The number of nitrogens with zero attached hydrogens (tertiary/aromatic N) is 2. The summed E-state index contributed by atoms with van der Waals surface area (Å²) in [4.78, 5) is 26.0. The highest BCUT2D eigenvalue weighted by Crippen LogP contribution is 2.28. The second-order valence-corrected chi connectivity index (χ2v) is 6.79. The summed E-state index contributed by atoms with van der Waals surface area (Å²) in [6, 6.07) is 10.8. The molecule has 25 heavy (non-hydrogen) atoms. The fourth-order valence-corrected chi connectivity index (χ4v) is 3.76. The highest BCUT2D eigenvalue weighted by molar-refractivity contribution is 7.20. The van der Waals surface area contributed by atoms with Crippen LogP contribution in [0.3, 0.4) is 0 Å². The normalized spacial score (nSPS) is 12.1. The molecule has 1 N–H and O–H groups in total. The Labute approximate surface area is 149 Å². The number of fused-ring (bicyclic) bond motifs is 1. The first kappa shape index (κ1) is 17.2. The summed E-state index contributed by atoms with van der Waals surface area (Å²) in [7, 11) is 3.20. The number of amides is 1. The van der Waals surface area contributed by atoms with Crippen LogP contribution >= 0.6 is 11.3 Å². The number of carbonyl (C=O) groups is 2. The zero-order valence-corrected chi connectivity index (χ0v) is 15.1. The molecular weight excluding hydrogens is 338 g/mol. The molecule has 0 aliphatic rings. The van der Waals surface area contributed by atoms with E-state index in [1.807, 2.05) is 50.4 Å². The fourth-order valence-electron chi connectivity index (χ4n) is 2.73. The number of rotatable bonds is 5. The maximum Gasteiger partial charge on any atom is 0.307 e. The topological polar surface area (TPSA) is 73.2 Å². The molecule has 0 bridgehead atoms. The van der Waals surface area contributed by atoms with Gasteiger partial charge in [0.2, 0.25) is 0 Å². The first-order valence-electron chi connectivity index (χ1n) is 7.85. The van der Waals surface area contributed by atoms with E-state index in [0.29, 0.717) is 4.88 Å². The highest BCUT2D eigenvalue weighted by atomic mass is 32.1. The van der Waals surface area contributed by atoms with Crippen LogP contribution in [0, 0.1) is 6.92 Å². The van der Waals surface area contributed by atoms with Crippen molar-refractivity contribution in [2.24, 2.45) is 7.05 Å². The average Bonchev–Trinajstić information content (AvgIpc) is 3.17. The number of hydrogen-bond donors (Lipinski definition) is 1. The molecule has 0 spiro atoms. The molecule has 0 saturated carbocycles. The third kappa shape index (κ3) is 3.56. The van der Waals surface area contributed by atoms with Crippen molar-refractivity contribution in [1.29, 1.82) is 0 Å². The first-order valence-corrected chi connectivity index (χ1v) is 8.67. The van der Waals surface area contributed by atoms with Crippen molar-refractivity contribution in [2.75, 3.05) is 7.11 Å². The number of nitrogens with one attached hydrogen (secondary N) is 1. The van der Waals surface area contributed by atoms with E-state index in [1.165, 1.54) is 18.4 Å². The van der Waals surface area contributed by atoms with Gasteiger partial charge in [-0.15, -0.1) is 11.3 Å². The van der Waals surface area contributed by atoms with Gasteiger partial charge in [-0.2, -0.15) is 5.10 Å². The summed E-state index contributed by atoms with van der Waals surface area (Å²) in [5.74, 6) is -0.580. The number of esters is 1. The molecule has 1 unspecified atom stereocenters. The maximum absolute atomic E-state index is 12.7. The minimum atomic E-state index is -0.439. The summed E-state index contributed by atoms with van der Waals surface area (Å²) in [5, 5.41) is 8.26. The van der Waals surface area contributed by atoms with Gasteiger partial charge in [0.05, 0.1) is 30.1 Å². The Bertz CT molecular complexity index is 880. The molecular formula is C18H19N3O3S. The largest absolute Gasteiger partial charge is 0.469 e. The molecule has 3 rings (SSSR count). The fraction of sp³-hybridized carbons (Fsp3) is 0.278. The van der Waals surface area contributed by atoms with Gasteiger partial charge in [-0.1, -0.05) is 30.3 Å². The number of ether oxygens (including phenoxy) is 1. The van der Waals surface area contributed by atoms with Crippen LogP contribution in [-0.4, -0.2) is 28.8 Å². The Morgan fingerprint density at radius 3 is 2.68 bits per heavy atom. The lowest BCUT2D eigenvalue weighted by atomic mass is 10.0. The molecule has 130 valence electrons. The van der Waals surface area contributed by atoms with Crippen molar-refractivity contribution in [1.82, 2.24) is 15.1 Å². The van der Waals surface area contributed by atoms with Gasteiger partial charge >= 0.3 is 5.97 Å². The lowest BCUT2D eigenvalue weighted by Gasteiger charge is -2.17. The van der Waals surface area contributed by atoms with Gasteiger partial charge in [-0.25, -0.2) is 0 Å². The Morgan fingerprint density at radius 2 is 2.04 bits per heavy atom. The second-order valence-electron chi connectivity index (χ2n) is 5.76. The van der Waals surface area contributed by atoms with Gasteiger partial charge in [-0.3, -0.25) is 14.3 Å². The number of methoxy groups -OCH3 is 1. The van der Waals surface area contributed by atoms with E-state index in [2.05, 4.69) is 10.4 Å². The molecule has 0 aliphatic heterocycles. The lowest BCUT2D eigenvalue weighted by Crippen LogP contribution is -2.30. The monoisotopic (exact) mass is 357 g/mol. The minimum absolute atomic E-state index is 0.0811. The minimum Gasteiger partial charge on any atom is -0.469 e. The van der Waals surface area contributed by atoms with Crippen molar-refractivity contribution in [3.8, 4) is 0 Å². The molecule has 1 atom stereocenters. The average molecular weight is 357 g/mol. The predicted molar refractivity (Wildman–Crippen MR) is 96.6 cm³/mol. The van der Waals surface area contributed by atoms with Gasteiger partial charge in [0, 0.05) is 12.4 Å². The van der Waals surface area contributed by atoms with Gasteiger partial charge in [0.25, 0.3) is 5.91 Å². The number of aromatic nitrogens is 2. The van der Waals surface area contributed by atoms with E-state index in [1.54, 1.807) is 4.68 Å². The number of benzene rings is 1. The number of aryl methyl sites for hydroxylation is 2. The predicted octanol–water partition coefficient (Wildman–Crippen LogP) is 2.98. The lowest BCUT2D eigenvalue weighted by molar-refractivity contribution is -0.141.